The molecule has 1 atom stereocenters. The van der Waals surface area contributed by atoms with Crippen LogP contribution in [0.3, 0.4) is 0 Å². The summed E-state index contributed by atoms with van der Waals surface area (Å²) in [5, 5.41) is 2.88. The van der Waals surface area contributed by atoms with Gasteiger partial charge in [0.2, 0.25) is 0 Å². The van der Waals surface area contributed by atoms with E-state index < -0.39 is 12.0 Å². The highest BCUT2D eigenvalue weighted by molar-refractivity contribution is 7.71. The zero-order valence-corrected chi connectivity index (χ0v) is 10.1. The van der Waals surface area contributed by atoms with Gasteiger partial charge in [-0.1, -0.05) is 12.2 Å². The second kappa shape index (κ2) is 5.04. The van der Waals surface area contributed by atoms with Gasteiger partial charge in [0.05, 0.1) is 5.56 Å². The fourth-order valence-corrected chi connectivity index (χ4v) is 1.47. The second-order valence-electron chi connectivity index (χ2n) is 3.37. The van der Waals surface area contributed by atoms with E-state index in [1.807, 2.05) is 0 Å². The monoisotopic (exact) mass is 243 g/mol. The molecule has 0 saturated heterocycles. The number of hydroxylamine groups is 1. The molecule has 0 spiro atoms. The summed E-state index contributed by atoms with van der Waals surface area (Å²) in [6.07, 6.45) is -0.107. The molecule has 16 heavy (non-hydrogen) atoms. The molecule has 88 valence electrons. The molecule has 7 heteroatoms. The Balaban J connectivity index is 2.81. The summed E-state index contributed by atoms with van der Waals surface area (Å²) in [4.78, 5) is 26.7. The highest BCUT2D eigenvalue weighted by atomic mass is 32.1. The average Bonchev–Trinajstić information content (AvgIpc) is 2.49. The number of nitrogens with zero attached hydrogens (tertiary/aromatic N) is 1. The molecule has 0 radical (unpaired) electrons. The largest absolute Gasteiger partial charge is 0.301 e. The van der Waals surface area contributed by atoms with Crippen LogP contribution in [-0.4, -0.2) is 28.1 Å². The maximum Gasteiger partial charge on any atom is 0.279 e. The van der Waals surface area contributed by atoms with Gasteiger partial charge in [-0.2, -0.15) is 0 Å². The summed E-state index contributed by atoms with van der Waals surface area (Å²) in [5.74, 6) is -0.465. The number of aromatic nitrogens is 2. The first-order chi connectivity index (χ1) is 7.47. The maximum atomic E-state index is 11.7. The quantitative estimate of drug-likeness (QED) is 0.462. The Kier molecular flexibility index (Phi) is 3.97. The van der Waals surface area contributed by atoms with Crippen LogP contribution in [0.1, 0.15) is 23.0 Å². The topological polar surface area (TPSA) is 76.1 Å². The van der Waals surface area contributed by atoms with Gasteiger partial charge in [0.25, 0.3) is 5.91 Å². The SMILES string of the molecule is Cc1[nH]n(C)c(=S)c1C(=O)NOC(C)C=O. The van der Waals surface area contributed by atoms with Crippen LogP contribution in [0.2, 0.25) is 0 Å². The van der Waals surface area contributed by atoms with Crippen molar-refractivity contribution in [2.45, 2.75) is 20.0 Å². The summed E-state index contributed by atoms with van der Waals surface area (Å²) in [7, 11) is 1.71. The third-order valence-corrected chi connectivity index (χ3v) is 2.46. The van der Waals surface area contributed by atoms with Gasteiger partial charge >= 0.3 is 0 Å². The molecule has 6 nitrogen and oxygen atoms in total. The molecule has 0 aliphatic heterocycles. The van der Waals surface area contributed by atoms with Gasteiger partial charge in [-0.25, -0.2) is 5.48 Å². The van der Waals surface area contributed by atoms with Crippen molar-refractivity contribution in [3.05, 3.63) is 15.9 Å². The molecular formula is C9H13N3O3S. The van der Waals surface area contributed by atoms with Crippen molar-refractivity contribution in [2.75, 3.05) is 0 Å². The van der Waals surface area contributed by atoms with Gasteiger partial charge in [0.1, 0.15) is 10.7 Å². The van der Waals surface area contributed by atoms with Crippen LogP contribution in [0.25, 0.3) is 0 Å². The summed E-state index contributed by atoms with van der Waals surface area (Å²) >= 11 is 5.04. The van der Waals surface area contributed by atoms with Crippen LogP contribution in [0.4, 0.5) is 0 Å². The lowest BCUT2D eigenvalue weighted by Gasteiger charge is -2.06. The molecule has 0 fully saturated rings. The Hall–Kier alpha value is -1.47. The number of hydrogen-bond acceptors (Lipinski definition) is 4. The molecule has 1 aromatic heterocycles. The summed E-state index contributed by atoms with van der Waals surface area (Å²) in [5.41, 5.74) is 3.16. The van der Waals surface area contributed by atoms with Crippen molar-refractivity contribution in [3.8, 4) is 0 Å². The van der Waals surface area contributed by atoms with Crippen molar-refractivity contribution < 1.29 is 14.4 Å². The number of carbonyl (C=O) groups is 2. The molecule has 0 aromatic carbocycles. The Morgan fingerprint density at radius 3 is 2.75 bits per heavy atom. The van der Waals surface area contributed by atoms with Crippen LogP contribution in [0.15, 0.2) is 0 Å². The lowest BCUT2D eigenvalue weighted by Crippen LogP contribution is -2.29. The summed E-state index contributed by atoms with van der Waals surface area (Å²) in [6.45, 7) is 3.25. The molecule has 0 saturated carbocycles. The Bertz CT molecular complexity index is 463. The molecule has 0 bridgehead atoms. The Labute approximate surface area is 97.5 Å². The van der Waals surface area contributed by atoms with Gasteiger partial charge in [0, 0.05) is 12.7 Å². The minimum Gasteiger partial charge on any atom is -0.301 e. The maximum absolute atomic E-state index is 11.7. The number of carbonyl (C=O) groups excluding carboxylic acids is 2. The zero-order valence-electron chi connectivity index (χ0n) is 9.23. The molecule has 1 aromatic rings. The average molecular weight is 243 g/mol. The lowest BCUT2D eigenvalue weighted by atomic mass is 10.2. The van der Waals surface area contributed by atoms with E-state index in [-0.39, 0.29) is 0 Å². The first kappa shape index (κ1) is 12.6. The van der Waals surface area contributed by atoms with Gasteiger partial charge in [0.15, 0.2) is 6.29 Å². The van der Waals surface area contributed by atoms with Crippen molar-refractivity contribution in [1.29, 1.82) is 0 Å². The molecule has 1 unspecified atom stereocenters. The number of hydrogen-bond donors (Lipinski definition) is 2. The number of amides is 1. The standard InChI is InChI=1S/C9H13N3O3S/c1-5(4-13)15-11-8(14)7-6(2)10-12(3)9(7)16/h4-5,10H,1-3H3,(H,11,14). The van der Waals surface area contributed by atoms with Gasteiger partial charge in [-0.05, 0) is 13.8 Å². The summed E-state index contributed by atoms with van der Waals surface area (Å²) in [6, 6.07) is 0. The van der Waals surface area contributed by atoms with Crippen LogP contribution in [0, 0.1) is 11.6 Å². The van der Waals surface area contributed by atoms with Crippen LogP contribution >= 0.6 is 12.2 Å². The van der Waals surface area contributed by atoms with Crippen molar-refractivity contribution in [3.63, 3.8) is 0 Å². The molecular weight excluding hydrogens is 230 g/mol. The number of aryl methyl sites for hydroxylation is 2. The van der Waals surface area contributed by atoms with E-state index in [0.717, 1.165) is 0 Å². The molecule has 1 rings (SSSR count). The predicted molar refractivity (Wildman–Crippen MR) is 59.4 cm³/mol. The number of aldehydes is 1. The van der Waals surface area contributed by atoms with E-state index in [0.29, 0.717) is 22.2 Å². The number of rotatable bonds is 4. The predicted octanol–water partition coefficient (Wildman–Crippen LogP) is 0.640. The third-order valence-electron chi connectivity index (χ3n) is 1.99. The second-order valence-corrected chi connectivity index (χ2v) is 3.75. The molecule has 2 N–H and O–H groups in total. The van der Waals surface area contributed by atoms with Crippen molar-refractivity contribution in [2.24, 2.45) is 7.05 Å². The number of H-pyrrole nitrogens is 1. The molecule has 0 aliphatic carbocycles. The fraction of sp³-hybridized carbons (Fsp3) is 0.444. The minimum atomic E-state index is -0.689. The van der Waals surface area contributed by atoms with Gasteiger partial charge in [-0.3, -0.25) is 14.3 Å². The third kappa shape index (κ3) is 2.56. The van der Waals surface area contributed by atoms with E-state index in [4.69, 9.17) is 17.1 Å². The van der Waals surface area contributed by atoms with Crippen molar-refractivity contribution >= 4 is 24.4 Å². The van der Waals surface area contributed by atoms with E-state index in [1.165, 1.54) is 6.92 Å². The lowest BCUT2D eigenvalue weighted by molar-refractivity contribution is -0.120. The van der Waals surface area contributed by atoms with E-state index in [1.54, 1.807) is 18.7 Å². The molecule has 1 heterocycles. The molecule has 0 aliphatic rings. The van der Waals surface area contributed by atoms with Crippen molar-refractivity contribution in [1.82, 2.24) is 15.3 Å². The number of aromatic amines is 1. The van der Waals surface area contributed by atoms with Gasteiger partial charge < -0.3 is 9.89 Å². The van der Waals surface area contributed by atoms with Crippen LogP contribution in [0.5, 0.6) is 0 Å². The first-order valence-corrected chi connectivity index (χ1v) is 5.05. The van der Waals surface area contributed by atoms with E-state index in [9.17, 15) is 9.59 Å². The Morgan fingerprint density at radius 2 is 2.31 bits per heavy atom. The molecule has 1 amide bonds. The zero-order chi connectivity index (χ0) is 12.3. The minimum absolute atomic E-state index is 0.343. The number of nitrogens with one attached hydrogen (secondary N) is 2. The van der Waals surface area contributed by atoms with Gasteiger partial charge in [-0.15, -0.1) is 0 Å². The Morgan fingerprint density at radius 1 is 1.69 bits per heavy atom. The first-order valence-electron chi connectivity index (χ1n) is 4.64. The van der Waals surface area contributed by atoms with E-state index in [2.05, 4.69) is 10.6 Å². The highest BCUT2D eigenvalue weighted by Gasteiger charge is 2.15. The van der Waals surface area contributed by atoms with E-state index >= 15 is 0 Å². The smallest absolute Gasteiger partial charge is 0.279 e. The van der Waals surface area contributed by atoms with Crippen LogP contribution < -0.4 is 5.48 Å². The highest BCUT2D eigenvalue weighted by Crippen LogP contribution is 2.07. The normalized spacial score (nSPS) is 12.2. The summed E-state index contributed by atoms with van der Waals surface area (Å²) < 4.78 is 1.94. The fourth-order valence-electron chi connectivity index (χ4n) is 1.18. The van der Waals surface area contributed by atoms with Crippen LogP contribution in [-0.2, 0) is 16.7 Å².